The molecule has 3 aliphatic heterocycles. The van der Waals surface area contributed by atoms with Crippen LogP contribution in [0.15, 0.2) is 0 Å². The minimum atomic E-state index is 0.334. The summed E-state index contributed by atoms with van der Waals surface area (Å²) in [6, 6.07) is 1.57. The zero-order chi connectivity index (χ0) is 18.7. The van der Waals surface area contributed by atoms with Gasteiger partial charge in [0.05, 0.1) is 0 Å². The van der Waals surface area contributed by atoms with Crippen LogP contribution in [0.4, 0.5) is 0 Å². The Kier molecular flexibility index (Phi) is 7.04. The van der Waals surface area contributed by atoms with Crippen molar-refractivity contribution in [3.63, 3.8) is 0 Å². The Morgan fingerprint density at radius 2 is 1.35 bits per heavy atom. The van der Waals surface area contributed by atoms with Gasteiger partial charge in [-0.3, -0.25) is 9.80 Å². The van der Waals surface area contributed by atoms with Gasteiger partial charge in [-0.15, -0.1) is 0 Å². The monoisotopic (exact) mass is 364 g/mol. The van der Waals surface area contributed by atoms with Gasteiger partial charge in [-0.2, -0.15) is 0 Å². The van der Waals surface area contributed by atoms with Crippen LogP contribution in [0.2, 0.25) is 0 Å². The summed E-state index contributed by atoms with van der Waals surface area (Å²) in [5, 5.41) is 0. The third kappa shape index (κ3) is 5.43. The van der Waals surface area contributed by atoms with Crippen LogP contribution in [0.5, 0.6) is 0 Å². The molecule has 0 atom stereocenters. The molecule has 0 aromatic rings. The van der Waals surface area contributed by atoms with Gasteiger partial charge >= 0.3 is 0 Å². The summed E-state index contributed by atoms with van der Waals surface area (Å²) >= 11 is 0. The van der Waals surface area contributed by atoms with Crippen molar-refractivity contribution < 1.29 is 0 Å². The van der Waals surface area contributed by atoms with E-state index in [1.807, 2.05) is 0 Å². The van der Waals surface area contributed by atoms with E-state index in [0.29, 0.717) is 5.54 Å². The SMILES string of the molecule is CC(C)N1CCC(CN2CCC(N3CCN(C(C)(C)C)CC3)CC2)CC1. The predicted molar refractivity (Wildman–Crippen MR) is 112 cm³/mol. The van der Waals surface area contributed by atoms with Crippen molar-refractivity contribution in [3.8, 4) is 0 Å². The molecular formula is C22H44N4. The molecule has 0 amide bonds. The van der Waals surface area contributed by atoms with Crippen molar-refractivity contribution in [2.45, 2.75) is 77.9 Å². The molecule has 26 heavy (non-hydrogen) atoms. The third-order valence-corrected chi connectivity index (χ3v) is 7.23. The molecule has 0 aliphatic carbocycles. The molecular weight excluding hydrogens is 320 g/mol. The molecule has 4 heteroatoms. The second-order valence-electron chi connectivity index (χ2n) is 10.3. The average molecular weight is 365 g/mol. The van der Waals surface area contributed by atoms with Gasteiger partial charge in [0.15, 0.2) is 0 Å². The van der Waals surface area contributed by atoms with E-state index in [1.54, 1.807) is 0 Å². The van der Waals surface area contributed by atoms with Crippen molar-refractivity contribution in [2.24, 2.45) is 5.92 Å². The van der Waals surface area contributed by atoms with Crippen LogP contribution in [0, 0.1) is 5.92 Å². The van der Waals surface area contributed by atoms with Crippen LogP contribution in [-0.4, -0.2) is 96.1 Å². The number of rotatable bonds is 4. The molecule has 3 aliphatic rings. The maximum absolute atomic E-state index is 2.79. The van der Waals surface area contributed by atoms with Crippen LogP contribution < -0.4 is 0 Å². The van der Waals surface area contributed by atoms with Crippen molar-refractivity contribution in [2.75, 3.05) is 58.9 Å². The lowest BCUT2D eigenvalue weighted by Crippen LogP contribution is -2.57. The molecule has 4 nitrogen and oxygen atoms in total. The Morgan fingerprint density at radius 1 is 0.769 bits per heavy atom. The predicted octanol–water partition coefficient (Wildman–Crippen LogP) is 2.99. The number of nitrogens with zero attached hydrogens (tertiary/aromatic N) is 4. The number of hydrogen-bond acceptors (Lipinski definition) is 4. The van der Waals surface area contributed by atoms with E-state index in [4.69, 9.17) is 0 Å². The zero-order valence-electron chi connectivity index (χ0n) is 18.2. The average Bonchev–Trinajstić information content (AvgIpc) is 2.62. The smallest absolute Gasteiger partial charge is 0.0126 e. The number of piperidine rings is 2. The first-order valence-electron chi connectivity index (χ1n) is 11.3. The van der Waals surface area contributed by atoms with Gasteiger partial charge < -0.3 is 9.80 Å². The lowest BCUT2D eigenvalue weighted by molar-refractivity contribution is 0.0202. The Balaban J connectivity index is 1.35. The van der Waals surface area contributed by atoms with Gasteiger partial charge in [-0.05, 0) is 92.4 Å². The Labute approximate surface area is 162 Å². The summed E-state index contributed by atoms with van der Waals surface area (Å²) in [5.74, 6) is 0.942. The van der Waals surface area contributed by atoms with E-state index >= 15 is 0 Å². The molecule has 0 aromatic carbocycles. The Bertz CT molecular complexity index is 406. The third-order valence-electron chi connectivity index (χ3n) is 7.23. The highest BCUT2D eigenvalue weighted by Gasteiger charge is 2.31. The largest absolute Gasteiger partial charge is 0.303 e. The van der Waals surface area contributed by atoms with E-state index < -0.39 is 0 Å². The molecule has 0 unspecified atom stereocenters. The highest BCUT2D eigenvalue weighted by atomic mass is 15.3. The molecule has 152 valence electrons. The van der Waals surface area contributed by atoms with Gasteiger partial charge in [0.1, 0.15) is 0 Å². The van der Waals surface area contributed by atoms with Crippen LogP contribution in [-0.2, 0) is 0 Å². The minimum absolute atomic E-state index is 0.334. The summed E-state index contributed by atoms with van der Waals surface area (Å²) in [5.41, 5.74) is 0.334. The van der Waals surface area contributed by atoms with Crippen molar-refractivity contribution in [3.05, 3.63) is 0 Å². The van der Waals surface area contributed by atoms with Gasteiger partial charge in [0, 0.05) is 50.3 Å². The molecule has 3 saturated heterocycles. The van der Waals surface area contributed by atoms with E-state index in [1.165, 1.54) is 84.6 Å². The molecule has 0 bridgehead atoms. The van der Waals surface area contributed by atoms with E-state index in [0.717, 1.165) is 18.0 Å². The first kappa shape index (κ1) is 20.6. The van der Waals surface area contributed by atoms with E-state index in [9.17, 15) is 0 Å². The fourth-order valence-corrected chi connectivity index (χ4v) is 5.24. The topological polar surface area (TPSA) is 13.0 Å². The molecule has 0 N–H and O–H groups in total. The van der Waals surface area contributed by atoms with Crippen molar-refractivity contribution in [1.82, 2.24) is 19.6 Å². The van der Waals surface area contributed by atoms with Crippen molar-refractivity contribution in [1.29, 1.82) is 0 Å². The molecule has 3 heterocycles. The standard InChI is InChI=1S/C22H44N4/c1-19(2)24-12-6-20(7-13-24)18-23-10-8-21(9-11-23)25-14-16-26(17-15-25)22(3,4)5/h19-21H,6-18H2,1-5H3. The Hall–Kier alpha value is -0.160. The fourth-order valence-electron chi connectivity index (χ4n) is 5.24. The van der Waals surface area contributed by atoms with Crippen LogP contribution >= 0.6 is 0 Å². The highest BCUT2D eigenvalue weighted by Crippen LogP contribution is 2.24. The molecule has 3 rings (SSSR count). The fraction of sp³-hybridized carbons (Fsp3) is 1.00. The lowest BCUT2D eigenvalue weighted by atomic mass is 9.93. The maximum atomic E-state index is 2.79. The van der Waals surface area contributed by atoms with Crippen LogP contribution in [0.25, 0.3) is 0 Å². The van der Waals surface area contributed by atoms with E-state index in [2.05, 4.69) is 54.2 Å². The summed E-state index contributed by atoms with van der Waals surface area (Å²) in [7, 11) is 0. The van der Waals surface area contributed by atoms with Gasteiger partial charge in [-0.25, -0.2) is 0 Å². The molecule has 0 aromatic heterocycles. The summed E-state index contributed by atoms with van der Waals surface area (Å²) in [6.45, 7) is 23.4. The van der Waals surface area contributed by atoms with Crippen molar-refractivity contribution >= 4 is 0 Å². The number of hydrogen-bond donors (Lipinski definition) is 0. The van der Waals surface area contributed by atoms with Gasteiger partial charge in [-0.1, -0.05) is 0 Å². The lowest BCUT2D eigenvalue weighted by Gasteiger charge is -2.46. The number of piperazine rings is 1. The van der Waals surface area contributed by atoms with Crippen LogP contribution in [0.1, 0.15) is 60.3 Å². The first-order chi connectivity index (χ1) is 12.3. The second kappa shape index (κ2) is 8.89. The Morgan fingerprint density at radius 3 is 1.85 bits per heavy atom. The maximum Gasteiger partial charge on any atom is 0.0126 e. The number of likely N-dealkylation sites (tertiary alicyclic amines) is 2. The summed E-state index contributed by atoms with van der Waals surface area (Å²) in [4.78, 5) is 10.9. The molecule has 0 radical (unpaired) electrons. The van der Waals surface area contributed by atoms with Crippen LogP contribution in [0.3, 0.4) is 0 Å². The molecule has 0 spiro atoms. The molecule has 0 saturated carbocycles. The second-order valence-corrected chi connectivity index (χ2v) is 10.3. The summed E-state index contributed by atoms with van der Waals surface area (Å²) in [6.07, 6.45) is 5.60. The molecule has 3 fully saturated rings. The van der Waals surface area contributed by atoms with Gasteiger partial charge in [0.2, 0.25) is 0 Å². The zero-order valence-corrected chi connectivity index (χ0v) is 18.2. The summed E-state index contributed by atoms with van der Waals surface area (Å²) < 4.78 is 0. The highest BCUT2D eigenvalue weighted by molar-refractivity contribution is 4.87. The van der Waals surface area contributed by atoms with Gasteiger partial charge in [0.25, 0.3) is 0 Å². The quantitative estimate of drug-likeness (QED) is 0.760. The van der Waals surface area contributed by atoms with E-state index in [-0.39, 0.29) is 0 Å². The minimum Gasteiger partial charge on any atom is -0.303 e. The first-order valence-corrected chi connectivity index (χ1v) is 11.3. The normalized spacial score (nSPS) is 27.5.